The summed E-state index contributed by atoms with van der Waals surface area (Å²) in [6.45, 7) is 13.8. The molecule has 1 aromatic carbocycles. The third-order valence-electron chi connectivity index (χ3n) is 5.54. The lowest BCUT2D eigenvalue weighted by atomic mass is 9.63. The molecule has 0 radical (unpaired) electrons. The molecule has 0 fully saturated rings. The zero-order valence-electron chi connectivity index (χ0n) is 18.1. The summed E-state index contributed by atoms with van der Waals surface area (Å²) in [5.74, 6) is -0.265. The van der Waals surface area contributed by atoms with Crippen molar-refractivity contribution in [3.05, 3.63) is 58.7 Å². The van der Waals surface area contributed by atoms with Gasteiger partial charge in [-0.2, -0.15) is 0 Å². The predicted octanol–water partition coefficient (Wildman–Crippen LogP) is 5.09. The molecular formula is C25H33O3-. The normalized spacial score (nSPS) is 18.4. The van der Waals surface area contributed by atoms with E-state index in [0.717, 1.165) is 23.8 Å². The highest BCUT2D eigenvalue weighted by Gasteiger charge is 2.37. The Balaban J connectivity index is 2.43. The summed E-state index contributed by atoms with van der Waals surface area (Å²) in [5, 5.41) is 10.6. The first-order valence-corrected chi connectivity index (χ1v) is 10.1. The van der Waals surface area contributed by atoms with Gasteiger partial charge in [0.2, 0.25) is 0 Å². The molecule has 28 heavy (non-hydrogen) atoms. The average Bonchev–Trinajstić information content (AvgIpc) is 2.60. The van der Waals surface area contributed by atoms with E-state index in [1.165, 1.54) is 24.0 Å². The van der Waals surface area contributed by atoms with E-state index in [1.54, 1.807) is 13.0 Å². The van der Waals surface area contributed by atoms with Crippen LogP contribution in [0.4, 0.5) is 0 Å². The standard InChI is InChI=1S/C25H34O3/c1-7-14-28-22-17-21-20(24(3,4)12-13-25(21,5)6)16-19(22)11-9-8-10-18(2)15-23(26)27/h8-11,15-17H,7,12-14H2,1-6H3,(H,26,27)/p-1/b10-8+,11-9+,18-15+. The third kappa shape index (κ3) is 5.37. The number of hydrogen-bond acceptors (Lipinski definition) is 3. The van der Waals surface area contributed by atoms with Gasteiger partial charge in [0.1, 0.15) is 5.75 Å². The molecule has 0 bridgehead atoms. The van der Waals surface area contributed by atoms with Crippen molar-refractivity contribution in [3.8, 4) is 5.75 Å². The van der Waals surface area contributed by atoms with Gasteiger partial charge in [-0.15, -0.1) is 0 Å². The van der Waals surface area contributed by atoms with Gasteiger partial charge in [-0.3, -0.25) is 0 Å². The highest BCUT2D eigenvalue weighted by atomic mass is 16.5. The maximum atomic E-state index is 10.6. The number of carbonyl (C=O) groups excluding carboxylic acids is 1. The van der Waals surface area contributed by atoms with Crippen molar-refractivity contribution in [2.24, 2.45) is 0 Å². The molecule has 1 aromatic rings. The first-order chi connectivity index (χ1) is 13.1. The molecular weight excluding hydrogens is 348 g/mol. The molecule has 3 nitrogen and oxygen atoms in total. The van der Waals surface area contributed by atoms with E-state index in [-0.39, 0.29) is 10.8 Å². The van der Waals surface area contributed by atoms with Crippen molar-refractivity contribution < 1.29 is 14.6 Å². The number of allylic oxidation sites excluding steroid dienone is 4. The van der Waals surface area contributed by atoms with Crippen molar-refractivity contribution in [3.63, 3.8) is 0 Å². The van der Waals surface area contributed by atoms with Gasteiger partial charge in [-0.05, 0) is 71.9 Å². The number of hydrogen-bond donors (Lipinski definition) is 0. The molecule has 0 saturated heterocycles. The van der Waals surface area contributed by atoms with Crippen molar-refractivity contribution >= 4 is 12.0 Å². The minimum atomic E-state index is -1.18. The number of carboxylic acid groups (broad SMARTS) is 1. The van der Waals surface area contributed by atoms with Crippen LogP contribution in [0.5, 0.6) is 5.75 Å². The third-order valence-corrected chi connectivity index (χ3v) is 5.54. The summed E-state index contributed by atoms with van der Waals surface area (Å²) in [6.07, 6.45) is 11.9. The zero-order chi connectivity index (χ0) is 20.9. The molecule has 0 saturated carbocycles. The van der Waals surface area contributed by atoms with Gasteiger partial charge >= 0.3 is 0 Å². The number of fused-ring (bicyclic) bond motifs is 1. The summed E-state index contributed by atoms with van der Waals surface area (Å²) < 4.78 is 6.07. The molecule has 0 unspecified atom stereocenters. The number of carbonyl (C=O) groups is 1. The Morgan fingerprint density at radius 2 is 1.71 bits per heavy atom. The van der Waals surface area contributed by atoms with Gasteiger partial charge in [0, 0.05) is 5.56 Å². The molecule has 0 N–H and O–H groups in total. The Kier molecular flexibility index (Phi) is 6.92. The van der Waals surface area contributed by atoms with Crippen LogP contribution in [0.1, 0.15) is 77.5 Å². The molecule has 0 spiro atoms. The molecule has 2 rings (SSSR count). The van der Waals surface area contributed by atoms with Gasteiger partial charge < -0.3 is 14.6 Å². The van der Waals surface area contributed by atoms with Crippen molar-refractivity contribution in [1.82, 2.24) is 0 Å². The molecule has 152 valence electrons. The second kappa shape index (κ2) is 8.81. The maximum absolute atomic E-state index is 10.6. The van der Waals surface area contributed by atoms with Crippen LogP contribution in [0, 0.1) is 0 Å². The lowest BCUT2D eigenvalue weighted by molar-refractivity contribution is -0.297. The Morgan fingerprint density at radius 1 is 1.11 bits per heavy atom. The zero-order valence-corrected chi connectivity index (χ0v) is 18.1. The fourth-order valence-corrected chi connectivity index (χ4v) is 3.68. The van der Waals surface area contributed by atoms with Gasteiger partial charge in [-0.1, -0.05) is 58.9 Å². The first kappa shape index (κ1) is 22.0. The topological polar surface area (TPSA) is 49.4 Å². The number of aliphatic carboxylic acids is 1. The van der Waals surface area contributed by atoms with Crippen molar-refractivity contribution in [1.29, 1.82) is 0 Å². The van der Waals surface area contributed by atoms with Crippen LogP contribution >= 0.6 is 0 Å². The predicted molar refractivity (Wildman–Crippen MR) is 114 cm³/mol. The smallest absolute Gasteiger partial charge is 0.126 e. The molecule has 1 aliphatic rings. The van der Waals surface area contributed by atoms with Crippen LogP contribution in [-0.2, 0) is 15.6 Å². The van der Waals surface area contributed by atoms with E-state index >= 15 is 0 Å². The number of benzene rings is 1. The Morgan fingerprint density at radius 3 is 2.29 bits per heavy atom. The molecule has 3 heteroatoms. The molecule has 0 amide bonds. The van der Waals surface area contributed by atoms with E-state index in [1.807, 2.05) is 18.2 Å². The minimum absolute atomic E-state index is 0.139. The van der Waals surface area contributed by atoms with Crippen molar-refractivity contribution in [2.75, 3.05) is 6.61 Å². The number of rotatable bonds is 7. The van der Waals surface area contributed by atoms with E-state index in [9.17, 15) is 9.90 Å². The van der Waals surface area contributed by atoms with Gasteiger partial charge in [0.05, 0.1) is 12.6 Å². The summed E-state index contributed by atoms with van der Waals surface area (Å²) in [5.41, 5.74) is 4.76. The van der Waals surface area contributed by atoms with Crippen LogP contribution in [0.25, 0.3) is 6.08 Å². The fraction of sp³-hybridized carbons (Fsp3) is 0.480. The highest BCUT2D eigenvalue weighted by molar-refractivity contribution is 5.79. The van der Waals surface area contributed by atoms with Crippen molar-refractivity contribution in [2.45, 2.75) is 71.6 Å². The summed E-state index contributed by atoms with van der Waals surface area (Å²) >= 11 is 0. The van der Waals surface area contributed by atoms with Crippen LogP contribution in [0.2, 0.25) is 0 Å². The second-order valence-corrected chi connectivity index (χ2v) is 8.98. The quantitative estimate of drug-likeness (QED) is 0.488. The lowest BCUT2D eigenvalue weighted by Gasteiger charge is -2.42. The van der Waals surface area contributed by atoms with E-state index in [4.69, 9.17) is 4.74 Å². The molecule has 1 aliphatic carbocycles. The van der Waals surface area contributed by atoms with Crippen LogP contribution < -0.4 is 9.84 Å². The Bertz CT molecular complexity index is 807. The van der Waals surface area contributed by atoms with Crippen LogP contribution in [0.3, 0.4) is 0 Å². The molecule has 0 atom stereocenters. The van der Waals surface area contributed by atoms with Crippen LogP contribution in [0.15, 0.2) is 42.0 Å². The number of carboxylic acids is 1. The second-order valence-electron chi connectivity index (χ2n) is 8.98. The minimum Gasteiger partial charge on any atom is -0.545 e. The first-order valence-electron chi connectivity index (χ1n) is 10.1. The van der Waals surface area contributed by atoms with E-state index < -0.39 is 5.97 Å². The van der Waals surface area contributed by atoms with Gasteiger partial charge in [-0.25, -0.2) is 0 Å². The van der Waals surface area contributed by atoms with E-state index in [2.05, 4.69) is 46.8 Å². The Hall–Kier alpha value is -2.29. The Labute approximate surface area is 169 Å². The molecule has 0 aliphatic heterocycles. The van der Waals surface area contributed by atoms with Crippen LogP contribution in [-0.4, -0.2) is 12.6 Å². The maximum Gasteiger partial charge on any atom is 0.126 e. The highest BCUT2D eigenvalue weighted by Crippen LogP contribution is 2.47. The molecule has 0 heterocycles. The summed E-state index contributed by atoms with van der Waals surface area (Å²) in [7, 11) is 0. The SMILES string of the molecule is CCCOc1cc2c(cc1/C=C/C=C/C(C)=C/C(=O)[O-])C(C)(C)CCC2(C)C. The summed E-state index contributed by atoms with van der Waals surface area (Å²) in [6, 6.07) is 4.51. The molecule has 0 aromatic heterocycles. The lowest BCUT2D eigenvalue weighted by Crippen LogP contribution is -2.34. The summed E-state index contributed by atoms with van der Waals surface area (Å²) in [4.78, 5) is 10.6. The van der Waals surface area contributed by atoms with Gasteiger partial charge in [0.25, 0.3) is 0 Å². The fourth-order valence-electron chi connectivity index (χ4n) is 3.68. The van der Waals surface area contributed by atoms with Gasteiger partial charge in [0.15, 0.2) is 0 Å². The number of ether oxygens (including phenoxy) is 1. The average molecular weight is 382 g/mol. The monoisotopic (exact) mass is 381 g/mol. The van der Waals surface area contributed by atoms with E-state index in [0.29, 0.717) is 12.2 Å². The largest absolute Gasteiger partial charge is 0.545 e.